The Kier molecular flexibility index (Phi) is 3.18. The van der Waals surface area contributed by atoms with E-state index >= 15 is 0 Å². The first kappa shape index (κ1) is 13.1. The maximum atomic E-state index is 13.0. The number of aromatic nitrogens is 1. The van der Waals surface area contributed by atoms with Crippen LogP contribution in [0.1, 0.15) is 30.2 Å². The normalized spacial score (nSPS) is 16.4. The summed E-state index contributed by atoms with van der Waals surface area (Å²) in [5, 5.41) is 11.0. The standard InChI is InChI=1S/C16H16FNO2/c1-2-16(19,15-6-4-13(17)10-18-15)12-3-5-14-11(9-12)7-8-20-14/h3-6,9-10,19H,2,7-8H2,1H3. The third-order valence-electron chi connectivity index (χ3n) is 3.83. The second kappa shape index (κ2) is 4.87. The maximum Gasteiger partial charge on any atom is 0.141 e. The second-order valence-electron chi connectivity index (χ2n) is 5.00. The first-order valence-electron chi connectivity index (χ1n) is 6.74. The van der Waals surface area contributed by atoms with Gasteiger partial charge in [0, 0.05) is 6.42 Å². The van der Waals surface area contributed by atoms with Gasteiger partial charge >= 0.3 is 0 Å². The lowest BCUT2D eigenvalue weighted by Crippen LogP contribution is -2.27. The van der Waals surface area contributed by atoms with Gasteiger partial charge in [-0.3, -0.25) is 4.98 Å². The quantitative estimate of drug-likeness (QED) is 0.935. The molecule has 1 N–H and O–H groups in total. The lowest BCUT2D eigenvalue weighted by atomic mass is 9.86. The highest BCUT2D eigenvalue weighted by atomic mass is 19.1. The minimum Gasteiger partial charge on any atom is -0.493 e. The Morgan fingerprint density at radius 3 is 2.90 bits per heavy atom. The van der Waals surface area contributed by atoms with Gasteiger partial charge in [0.05, 0.1) is 18.5 Å². The van der Waals surface area contributed by atoms with Gasteiger partial charge in [0.1, 0.15) is 17.2 Å². The van der Waals surface area contributed by atoms with Gasteiger partial charge in [-0.05, 0) is 41.8 Å². The van der Waals surface area contributed by atoms with Gasteiger partial charge in [-0.2, -0.15) is 0 Å². The number of hydrogen-bond acceptors (Lipinski definition) is 3. The fourth-order valence-corrected chi connectivity index (χ4v) is 2.60. The van der Waals surface area contributed by atoms with E-state index in [1.165, 1.54) is 12.1 Å². The zero-order valence-corrected chi connectivity index (χ0v) is 11.3. The van der Waals surface area contributed by atoms with Crippen molar-refractivity contribution in [1.29, 1.82) is 0 Å². The van der Waals surface area contributed by atoms with E-state index in [2.05, 4.69) is 4.98 Å². The van der Waals surface area contributed by atoms with E-state index in [9.17, 15) is 9.50 Å². The first-order valence-corrected chi connectivity index (χ1v) is 6.74. The predicted octanol–water partition coefficient (Wildman–Crippen LogP) is 2.80. The summed E-state index contributed by atoms with van der Waals surface area (Å²) in [4.78, 5) is 4.03. The number of fused-ring (bicyclic) bond motifs is 1. The van der Waals surface area contributed by atoms with Crippen molar-refractivity contribution in [2.75, 3.05) is 6.61 Å². The zero-order valence-electron chi connectivity index (χ0n) is 11.3. The SMILES string of the molecule is CCC(O)(c1ccc2c(c1)CCO2)c1ccc(F)cn1. The van der Waals surface area contributed by atoms with Crippen LogP contribution in [0.25, 0.3) is 0 Å². The molecule has 1 unspecified atom stereocenters. The van der Waals surface area contributed by atoms with Crippen molar-refractivity contribution in [3.63, 3.8) is 0 Å². The smallest absolute Gasteiger partial charge is 0.141 e. The molecule has 1 aliphatic rings. The highest BCUT2D eigenvalue weighted by Gasteiger charge is 2.32. The van der Waals surface area contributed by atoms with E-state index in [1.54, 1.807) is 0 Å². The molecule has 2 aromatic rings. The number of nitrogens with zero attached hydrogens (tertiary/aromatic N) is 1. The highest BCUT2D eigenvalue weighted by Crippen LogP contribution is 2.35. The zero-order chi connectivity index (χ0) is 14.2. The molecule has 0 fully saturated rings. The molecule has 3 rings (SSSR count). The Bertz CT molecular complexity index is 627. The number of rotatable bonds is 3. The molecule has 0 saturated heterocycles. The minimum absolute atomic E-state index is 0.408. The third kappa shape index (κ3) is 2.06. The van der Waals surface area contributed by atoms with Crippen molar-refractivity contribution in [3.8, 4) is 5.75 Å². The average molecular weight is 273 g/mol. The van der Waals surface area contributed by atoms with Crippen LogP contribution in [0.2, 0.25) is 0 Å². The summed E-state index contributed by atoms with van der Waals surface area (Å²) in [7, 11) is 0. The van der Waals surface area contributed by atoms with E-state index < -0.39 is 11.4 Å². The molecule has 0 aliphatic carbocycles. The van der Waals surface area contributed by atoms with Gasteiger partial charge in [-0.1, -0.05) is 13.0 Å². The Labute approximate surface area is 117 Å². The van der Waals surface area contributed by atoms with Crippen LogP contribution in [0, 0.1) is 5.82 Å². The Balaban J connectivity index is 2.06. The summed E-state index contributed by atoms with van der Waals surface area (Å²) in [6.07, 6.45) is 2.44. The number of ether oxygens (including phenoxy) is 1. The van der Waals surface area contributed by atoms with Gasteiger partial charge in [0.2, 0.25) is 0 Å². The van der Waals surface area contributed by atoms with E-state index in [-0.39, 0.29) is 0 Å². The molecule has 1 aromatic heterocycles. The summed E-state index contributed by atoms with van der Waals surface area (Å²) < 4.78 is 18.5. The molecule has 0 spiro atoms. The van der Waals surface area contributed by atoms with Crippen LogP contribution in [0.3, 0.4) is 0 Å². The first-order chi connectivity index (χ1) is 9.63. The lowest BCUT2D eigenvalue weighted by Gasteiger charge is -2.27. The van der Waals surface area contributed by atoms with Crippen molar-refractivity contribution in [2.24, 2.45) is 0 Å². The van der Waals surface area contributed by atoms with Gasteiger partial charge in [-0.15, -0.1) is 0 Å². The topological polar surface area (TPSA) is 42.4 Å². The molecule has 4 heteroatoms. The summed E-state index contributed by atoms with van der Waals surface area (Å²) in [5.74, 6) is 0.467. The highest BCUT2D eigenvalue weighted by molar-refractivity contribution is 5.44. The van der Waals surface area contributed by atoms with E-state index in [4.69, 9.17) is 4.74 Å². The largest absolute Gasteiger partial charge is 0.493 e. The number of halogens is 1. The molecular weight excluding hydrogens is 257 g/mol. The minimum atomic E-state index is -1.20. The molecule has 104 valence electrons. The van der Waals surface area contributed by atoms with Crippen molar-refractivity contribution >= 4 is 0 Å². The number of aliphatic hydroxyl groups is 1. The second-order valence-corrected chi connectivity index (χ2v) is 5.00. The van der Waals surface area contributed by atoms with Gasteiger partial charge < -0.3 is 9.84 Å². The maximum absolute atomic E-state index is 13.0. The Morgan fingerprint density at radius 1 is 1.35 bits per heavy atom. The molecule has 1 aromatic carbocycles. The van der Waals surface area contributed by atoms with Crippen molar-refractivity contribution in [2.45, 2.75) is 25.4 Å². The van der Waals surface area contributed by atoms with Crippen molar-refractivity contribution < 1.29 is 14.2 Å². The predicted molar refractivity (Wildman–Crippen MR) is 73.1 cm³/mol. The van der Waals surface area contributed by atoms with Crippen LogP contribution in [-0.2, 0) is 12.0 Å². The summed E-state index contributed by atoms with van der Waals surface area (Å²) in [6.45, 7) is 2.56. The summed E-state index contributed by atoms with van der Waals surface area (Å²) >= 11 is 0. The van der Waals surface area contributed by atoms with E-state index in [0.29, 0.717) is 18.7 Å². The number of hydrogen-bond donors (Lipinski definition) is 1. The fraction of sp³-hybridized carbons (Fsp3) is 0.312. The number of pyridine rings is 1. The van der Waals surface area contributed by atoms with Crippen LogP contribution >= 0.6 is 0 Å². The van der Waals surface area contributed by atoms with Crippen molar-refractivity contribution in [1.82, 2.24) is 4.98 Å². The van der Waals surface area contributed by atoms with Gasteiger partial charge in [0.15, 0.2) is 0 Å². The molecule has 2 heterocycles. The van der Waals surface area contributed by atoms with E-state index in [0.717, 1.165) is 29.5 Å². The molecular formula is C16H16FNO2. The van der Waals surface area contributed by atoms with E-state index in [1.807, 2.05) is 25.1 Å². The summed E-state index contributed by atoms with van der Waals surface area (Å²) in [6, 6.07) is 8.53. The fourth-order valence-electron chi connectivity index (χ4n) is 2.60. The molecule has 3 nitrogen and oxygen atoms in total. The molecule has 20 heavy (non-hydrogen) atoms. The summed E-state index contributed by atoms with van der Waals surface area (Å²) in [5.41, 5.74) is 1.12. The van der Waals surface area contributed by atoms with Gasteiger partial charge in [-0.25, -0.2) is 4.39 Å². The molecule has 0 radical (unpaired) electrons. The van der Waals surface area contributed by atoms with Crippen LogP contribution in [0.15, 0.2) is 36.5 Å². The average Bonchev–Trinajstić information content (AvgIpc) is 2.94. The lowest BCUT2D eigenvalue weighted by molar-refractivity contribution is 0.0717. The Hall–Kier alpha value is -1.94. The monoisotopic (exact) mass is 273 g/mol. The number of benzene rings is 1. The molecule has 0 amide bonds. The molecule has 0 saturated carbocycles. The van der Waals surface area contributed by atoms with Crippen LogP contribution in [0.5, 0.6) is 5.75 Å². The van der Waals surface area contributed by atoms with Crippen LogP contribution in [0.4, 0.5) is 4.39 Å². The van der Waals surface area contributed by atoms with Crippen molar-refractivity contribution in [3.05, 3.63) is 59.2 Å². The third-order valence-corrected chi connectivity index (χ3v) is 3.83. The van der Waals surface area contributed by atoms with Crippen LogP contribution in [-0.4, -0.2) is 16.7 Å². The van der Waals surface area contributed by atoms with Crippen LogP contribution < -0.4 is 4.74 Å². The van der Waals surface area contributed by atoms with Gasteiger partial charge in [0.25, 0.3) is 0 Å². The molecule has 0 bridgehead atoms. The molecule has 1 aliphatic heterocycles. The Morgan fingerprint density at radius 2 is 2.20 bits per heavy atom. The molecule has 1 atom stereocenters.